The third-order valence-electron chi connectivity index (χ3n) is 2.44. The van der Waals surface area contributed by atoms with Gasteiger partial charge in [0.25, 0.3) is 0 Å². The summed E-state index contributed by atoms with van der Waals surface area (Å²) in [6.07, 6.45) is 0. The molecule has 0 heterocycles. The SMILES string of the molecule is C[N+](C)(CC[N+](C)(C)CC(=O)O)CC(=O)O. The first-order valence-electron chi connectivity index (χ1n) is 5.12. The van der Waals surface area contributed by atoms with Crippen LogP contribution < -0.4 is 0 Å². The van der Waals surface area contributed by atoms with Gasteiger partial charge in [-0.25, -0.2) is 9.59 Å². The van der Waals surface area contributed by atoms with Gasteiger partial charge in [0, 0.05) is 0 Å². The van der Waals surface area contributed by atoms with Crippen LogP contribution in [0.1, 0.15) is 0 Å². The van der Waals surface area contributed by atoms with Crippen molar-refractivity contribution in [2.45, 2.75) is 0 Å². The lowest BCUT2D eigenvalue weighted by Crippen LogP contribution is -2.53. The maximum atomic E-state index is 10.6. The van der Waals surface area contributed by atoms with E-state index in [-0.39, 0.29) is 13.1 Å². The van der Waals surface area contributed by atoms with E-state index in [9.17, 15) is 9.59 Å². The first-order valence-corrected chi connectivity index (χ1v) is 5.12. The Morgan fingerprint density at radius 3 is 1.25 bits per heavy atom. The number of hydrogen-bond acceptors (Lipinski definition) is 2. The van der Waals surface area contributed by atoms with E-state index < -0.39 is 11.9 Å². The van der Waals surface area contributed by atoms with Crippen molar-refractivity contribution in [3.8, 4) is 0 Å². The fourth-order valence-corrected chi connectivity index (χ4v) is 1.43. The largest absolute Gasteiger partial charge is 0.477 e. The van der Waals surface area contributed by atoms with Crippen LogP contribution in [0.25, 0.3) is 0 Å². The predicted molar refractivity (Wildman–Crippen MR) is 59.0 cm³/mol. The highest BCUT2D eigenvalue weighted by atomic mass is 16.4. The van der Waals surface area contributed by atoms with Crippen LogP contribution in [0.15, 0.2) is 0 Å². The zero-order valence-electron chi connectivity index (χ0n) is 10.4. The van der Waals surface area contributed by atoms with Gasteiger partial charge in [0.15, 0.2) is 13.1 Å². The fraction of sp³-hybridized carbons (Fsp3) is 0.800. The maximum Gasteiger partial charge on any atom is 0.359 e. The van der Waals surface area contributed by atoms with Gasteiger partial charge >= 0.3 is 11.9 Å². The first kappa shape index (κ1) is 14.9. The van der Waals surface area contributed by atoms with Gasteiger partial charge < -0.3 is 19.2 Å². The quantitative estimate of drug-likeness (QED) is 0.572. The van der Waals surface area contributed by atoms with E-state index in [1.807, 2.05) is 28.2 Å². The van der Waals surface area contributed by atoms with Crippen molar-refractivity contribution >= 4 is 11.9 Å². The van der Waals surface area contributed by atoms with Gasteiger partial charge in [-0.05, 0) is 0 Å². The molecule has 0 aliphatic carbocycles. The molecule has 0 aliphatic heterocycles. The maximum absolute atomic E-state index is 10.6. The third kappa shape index (κ3) is 7.19. The standard InChI is InChI=1S/C10H20N2O4/c1-11(2,7-9(13)14)5-6-12(3,4)8-10(15)16/h5-8H2,1-4H3/p+2. The molecule has 0 aromatic carbocycles. The third-order valence-corrected chi connectivity index (χ3v) is 2.44. The summed E-state index contributed by atoms with van der Waals surface area (Å²) in [6.45, 7) is 1.36. The Hall–Kier alpha value is -1.14. The molecule has 94 valence electrons. The van der Waals surface area contributed by atoms with Crippen molar-refractivity contribution in [1.82, 2.24) is 0 Å². The average Bonchev–Trinajstić information content (AvgIpc) is 1.96. The van der Waals surface area contributed by atoms with Gasteiger partial charge in [0.2, 0.25) is 0 Å². The summed E-state index contributed by atoms with van der Waals surface area (Å²) in [5.74, 6) is -1.68. The number of aliphatic carboxylic acids is 2. The Morgan fingerprint density at radius 1 is 0.812 bits per heavy atom. The Labute approximate surface area is 95.9 Å². The first-order chi connectivity index (χ1) is 7.04. The topological polar surface area (TPSA) is 74.6 Å². The molecule has 0 rings (SSSR count). The molecule has 0 atom stereocenters. The zero-order chi connectivity index (χ0) is 13.0. The molecular weight excluding hydrogens is 212 g/mol. The predicted octanol–water partition coefficient (Wildman–Crippen LogP) is -0.692. The van der Waals surface area contributed by atoms with Crippen LogP contribution in [0, 0.1) is 0 Å². The summed E-state index contributed by atoms with van der Waals surface area (Å²) in [5, 5.41) is 17.4. The van der Waals surface area contributed by atoms with Crippen molar-refractivity contribution in [2.24, 2.45) is 0 Å². The van der Waals surface area contributed by atoms with Crippen molar-refractivity contribution in [3.63, 3.8) is 0 Å². The minimum Gasteiger partial charge on any atom is -0.477 e. The molecule has 0 amide bonds. The van der Waals surface area contributed by atoms with Crippen LogP contribution in [0.5, 0.6) is 0 Å². The Morgan fingerprint density at radius 2 is 1.06 bits per heavy atom. The number of carboxylic acids is 2. The van der Waals surface area contributed by atoms with E-state index in [0.29, 0.717) is 22.1 Å². The molecular formula is C10H22N2O4+2. The van der Waals surface area contributed by atoms with E-state index in [1.165, 1.54) is 0 Å². The number of carboxylic acid groups (broad SMARTS) is 2. The molecule has 0 fully saturated rings. The molecule has 2 N–H and O–H groups in total. The van der Waals surface area contributed by atoms with Crippen LogP contribution in [-0.2, 0) is 9.59 Å². The highest BCUT2D eigenvalue weighted by Crippen LogP contribution is 2.02. The number of likely N-dealkylation sites (N-methyl/N-ethyl adjacent to an activating group) is 2. The van der Waals surface area contributed by atoms with Crippen molar-refractivity contribution in [3.05, 3.63) is 0 Å². The second-order valence-corrected chi connectivity index (χ2v) is 5.42. The minimum absolute atomic E-state index is 0.0487. The highest BCUT2D eigenvalue weighted by Gasteiger charge is 2.26. The zero-order valence-corrected chi connectivity index (χ0v) is 10.4. The molecule has 0 aliphatic rings. The molecule has 0 radical (unpaired) electrons. The lowest BCUT2D eigenvalue weighted by atomic mass is 10.3. The van der Waals surface area contributed by atoms with E-state index >= 15 is 0 Å². The van der Waals surface area contributed by atoms with Gasteiger partial charge in [-0.1, -0.05) is 0 Å². The second kappa shape index (κ2) is 5.27. The summed E-state index contributed by atoms with van der Waals surface area (Å²) in [5.41, 5.74) is 0. The van der Waals surface area contributed by atoms with Gasteiger partial charge in [-0.3, -0.25) is 0 Å². The van der Waals surface area contributed by atoms with Crippen molar-refractivity contribution < 1.29 is 28.8 Å². The number of hydrogen-bond donors (Lipinski definition) is 2. The summed E-state index contributed by atoms with van der Waals surface area (Å²) in [6, 6.07) is 0. The van der Waals surface area contributed by atoms with E-state index in [1.54, 1.807) is 0 Å². The molecule has 0 aromatic heterocycles. The van der Waals surface area contributed by atoms with E-state index in [0.717, 1.165) is 0 Å². The smallest absolute Gasteiger partial charge is 0.359 e. The summed E-state index contributed by atoms with van der Waals surface area (Å²) >= 11 is 0. The molecule has 16 heavy (non-hydrogen) atoms. The minimum atomic E-state index is -0.839. The molecule has 6 heteroatoms. The Kier molecular flexibility index (Phi) is 4.89. The number of nitrogens with zero attached hydrogens (tertiary/aromatic N) is 2. The lowest BCUT2D eigenvalue weighted by Gasteiger charge is -2.33. The molecule has 0 spiro atoms. The van der Waals surface area contributed by atoms with Crippen molar-refractivity contribution in [1.29, 1.82) is 0 Å². The highest BCUT2D eigenvalue weighted by molar-refractivity contribution is 5.68. The molecule has 6 nitrogen and oxygen atoms in total. The average molecular weight is 234 g/mol. The van der Waals surface area contributed by atoms with Crippen LogP contribution in [0.2, 0.25) is 0 Å². The summed E-state index contributed by atoms with van der Waals surface area (Å²) < 4.78 is 0.716. The fourth-order valence-electron chi connectivity index (χ4n) is 1.43. The van der Waals surface area contributed by atoms with Gasteiger partial charge in [-0.15, -0.1) is 0 Å². The number of quaternary nitrogens is 2. The molecule has 0 saturated carbocycles. The Bertz CT molecular complexity index is 246. The van der Waals surface area contributed by atoms with Crippen LogP contribution >= 0.6 is 0 Å². The second-order valence-electron chi connectivity index (χ2n) is 5.42. The normalized spacial score (nSPS) is 12.5. The molecule has 0 aromatic rings. The molecule has 0 unspecified atom stereocenters. The number of rotatable bonds is 7. The van der Waals surface area contributed by atoms with Gasteiger partial charge in [0.05, 0.1) is 28.2 Å². The van der Waals surface area contributed by atoms with Crippen LogP contribution in [0.3, 0.4) is 0 Å². The Balaban J connectivity index is 4.21. The van der Waals surface area contributed by atoms with Crippen LogP contribution in [-0.4, -0.2) is 85.5 Å². The lowest BCUT2D eigenvalue weighted by molar-refractivity contribution is -0.939. The molecule has 0 saturated heterocycles. The summed E-state index contributed by atoms with van der Waals surface area (Å²) in [7, 11) is 7.31. The van der Waals surface area contributed by atoms with Crippen molar-refractivity contribution in [2.75, 3.05) is 54.4 Å². The molecule has 0 bridgehead atoms. The monoisotopic (exact) mass is 234 g/mol. The number of carbonyl (C=O) groups is 2. The van der Waals surface area contributed by atoms with Gasteiger partial charge in [0.1, 0.15) is 13.1 Å². The summed E-state index contributed by atoms with van der Waals surface area (Å²) in [4.78, 5) is 21.2. The van der Waals surface area contributed by atoms with Crippen LogP contribution in [0.4, 0.5) is 0 Å². The van der Waals surface area contributed by atoms with Gasteiger partial charge in [-0.2, -0.15) is 0 Å². The van der Waals surface area contributed by atoms with E-state index in [4.69, 9.17) is 10.2 Å². The van der Waals surface area contributed by atoms with E-state index in [2.05, 4.69) is 0 Å².